The monoisotopic (exact) mass is 258 g/mol. The molecule has 1 rings (SSSR count). The first-order valence-corrected chi connectivity index (χ1v) is 7.04. The molecule has 82 valence electrons. The number of ether oxygens (including phenoxy) is 1. The number of hydrogen-bond donors (Lipinski definition) is 0. The molecule has 0 saturated carbocycles. The summed E-state index contributed by atoms with van der Waals surface area (Å²) in [6, 6.07) is 8.03. The maximum Gasteiger partial charge on any atom is 0.120 e. The van der Waals surface area contributed by atoms with E-state index < -0.39 is 0 Å². The van der Waals surface area contributed by atoms with Crippen LogP contribution in [0.1, 0.15) is 13.8 Å². The molecule has 1 aromatic carbocycles. The van der Waals surface area contributed by atoms with E-state index in [1.807, 2.05) is 25.1 Å². The van der Waals surface area contributed by atoms with Crippen LogP contribution in [-0.2, 0) is 0 Å². The van der Waals surface area contributed by atoms with Crippen LogP contribution in [0.3, 0.4) is 0 Å². The Bertz CT molecular complexity index is 325. The van der Waals surface area contributed by atoms with Crippen molar-refractivity contribution in [3.63, 3.8) is 0 Å². The van der Waals surface area contributed by atoms with Gasteiger partial charge in [0.1, 0.15) is 9.28 Å². The Morgan fingerprint density at radius 3 is 2.87 bits per heavy atom. The van der Waals surface area contributed by atoms with E-state index in [1.165, 1.54) is 0 Å². The van der Waals surface area contributed by atoms with E-state index in [4.69, 9.17) is 17.0 Å². The first-order valence-electron chi connectivity index (χ1n) is 4.83. The van der Waals surface area contributed by atoms with Crippen LogP contribution in [0.25, 0.3) is 0 Å². The topological polar surface area (TPSA) is 9.23 Å². The van der Waals surface area contributed by atoms with Crippen molar-refractivity contribution < 1.29 is 4.74 Å². The Morgan fingerprint density at radius 2 is 2.20 bits per heavy atom. The SMILES string of the molecule is CCOc1cccc(SC(=S)SCC)c1. The van der Waals surface area contributed by atoms with Crippen LogP contribution in [-0.4, -0.2) is 15.9 Å². The lowest BCUT2D eigenvalue weighted by Crippen LogP contribution is -1.91. The molecule has 0 heterocycles. The number of hydrogen-bond acceptors (Lipinski definition) is 4. The van der Waals surface area contributed by atoms with Crippen LogP contribution in [0, 0.1) is 0 Å². The molecular weight excluding hydrogens is 244 g/mol. The van der Waals surface area contributed by atoms with Gasteiger partial charge < -0.3 is 4.74 Å². The van der Waals surface area contributed by atoms with Gasteiger partial charge in [-0.1, -0.05) is 37.0 Å². The maximum absolute atomic E-state index is 5.42. The van der Waals surface area contributed by atoms with Crippen molar-refractivity contribution in [2.75, 3.05) is 12.4 Å². The molecule has 1 aromatic rings. The summed E-state index contributed by atoms with van der Waals surface area (Å²) < 4.78 is 6.39. The molecule has 15 heavy (non-hydrogen) atoms. The predicted octanol–water partition coefficient (Wildman–Crippen LogP) is 4.22. The van der Waals surface area contributed by atoms with Crippen LogP contribution in [0.4, 0.5) is 0 Å². The van der Waals surface area contributed by atoms with E-state index in [2.05, 4.69) is 13.0 Å². The van der Waals surface area contributed by atoms with Crippen molar-refractivity contribution in [1.29, 1.82) is 0 Å². The van der Waals surface area contributed by atoms with Gasteiger partial charge in [-0.3, -0.25) is 0 Å². The zero-order chi connectivity index (χ0) is 11.1. The highest BCUT2D eigenvalue weighted by Gasteiger charge is 2.01. The fraction of sp³-hybridized carbons (Fsp3) is 0.364. The zero-order valence-corrected chi connectivity index (χ0v) is 11.3. The first kappa shape index (κ1) is 12.9. The standard InChI is InChI=1S/C11H14OS3/c1-3-12-9-6-5-7-10(8-9)15-11(13)14-4-2/h5-8H,3-4H2,1-2H3. The van der Waals surface area contributed by atoms with Crippen LogP contribution < -0.4 is 4.74 Å². The predicted molar refractivity (Wildman–Crippen MR) is 74.2 cm³/mol. The molecule has 0 atom stereocenters. The van der Waals surface area contributed by atoms with Crippen LogP contribution >= 0.6 is 35.7 Å². The minimum absolute atomic E-state index is 0.697. The minimum Gasteiger partial charge on any atom is -0.494 e. The van der Waals surface area contributed by atoms with Gasteiger partial charge in [-0.2, -0.15) is 0 Å². The van der Waals surface area contributed by atoms with Crippen molar-refractivity contribution in [2.45, 2.75) is 18.7 Å². The fourth-order valence-corrected chi connectivity index (χ4v) is 3.31. The van der Waals surface area contributed by atoms with Gasteiger partial charge in [0.15, 0.2) is 0 Å². The molecule has 0 radical (unpaired) electrons. The average molecular weight is 258 g/mol. The Balaban J connectivity index is 2.60. The van der Waals surface area contributed by atoms with Gasteiger partial charge in [0.25, 0.3) is 0 Å². The van der Waals surface area contributed by atoms with Crippen LogP contribution in [0.2, 0.25) is 0 Å². The summed E-state index contributed by atoms with van der Waals surface area (Å²) in [6.07, 6.45) is 0. The Labute approximate surface area is 105 Å². The summed E-state index contributed by atoms with van der Waals surface area (Å²) in [7, 11) is 0. The number of thiocarbonyl (C=S) groups is 1. The van der Waals surface area contributed by atoms with E-state index in [0.29, 0.717) is 6.61 Å². The van der Waals surface area contributed by atoms with Crippen LogP contribution in [0.15, 0.2) is 29.2 Å². The molecule has 0 aromatic heterocycles. The molecule has 0 saturated heterocycles. The number of rotatable bonds is 4. The Kier molecular flexibility index (Phi) is 6.13. The fourth-order valence-electron chi connectivity index (χ4n) is 1.04. The summed E-state index contributed by atoms with van der Waals surface area (Å²) in [5, 5.41) is 0. The summed E-state index contributed by atoms with van der Waals surface area (Å²) in [4.78, 5) is 1.15. The molecule has 1 nitrogen and oxygen atoms in total. The average Bonchev–Trinajstić information content (AvgIpc) is 2.19. The highest BCUT2D eigenvalue weighted by Crippen LogP contribution is 2.28. The summed E-state index contributed by atoms with van der Waals surface area (Å²) in [6.45, 7) is 4.79. The third-order valence-corrected chi connectivity index (χ3v) is 3.97. The molecule has 0 amide bonds. The van der Waals surface area contributed by atoms with Crippen molar-refractivity contribution in [2.24, 2.45) is 0 Å². The third-order valence-electron chi connectivity index (χ3n) is 1.58. The molecule has 0 fully saturated rings. The van der Waals surface area contributed by atoms with Crippen molar-refractivity contribution in [3.8, 4) is 5.75 Å². The minimum atomic E-state index is 0.697. The Morgan fingerprint density at radius 1 is 1.40 bits per heavy atom. The van der Waals surface area contributed by atoms with Gasteiger partial charge in [-0.25, -0.2) is 0 Å². The largest absolute Gasteiger partial charge is 0.494 e. The smallest absolute Gasteiger partial charge is 0.120 e. The molecule has 0 bridgehead atoms. The van der Waals surface area contributed by atoms with Gasteiger partial charge in [0.2, 0.25) is 0 Å². The molecular formula is C11H14OS3. The second-order valence-electron chi connectivity index (χ2n) is 2.69. The highest BCUT2D eigenvalue weighted by molar-refractivity contribution is 8.47. The maximum atomic E-state index is 5.42. The van der Waals surface area contributed by atoms with Crippen LogP contribution in [0.5, 0.6) is 5.75 Å². The van der Waals surface area contributed by atoms with E-state index in [1.54, 1.807) is 23.5 Å². The Hall–Kier alpha value is -0.190. The lowest BCUT2D eigenvalue weighted by molar-refractivity contribution is 0.339. The summed E-state index contributed by atoms with van der Waals surface area (Å²) in [5.41, 5.74) is 0. The summed E-state index contributed by atoms with van der Waals surface area (Å²) >= 11 is 8.55. The van der Waals surface area contributed by atoms with E-state index >= 15 is 0 Å². The summed E-state index contributed by atoms with van der Waals surface area (Å²) in [5.74, 6) is 1.93. The molecule has 0 aliphatic rings. The molecule has 4 heteroatoms. The molecule has 0 N–H and O–H groups in total. The van der Waals surface area contributed by atoms with Gasteiger partial charge in [0, 0.05) is 4.90 Å². The normalized spacial score (nSPS) is 10.0. The lowest BCUT2D eigenvalue weighted by atomic mass is 10.3. The van der Waals surface area contributed by atoms with Crippen molar-refractivity contribution in [3.05, 3.63) is 24.3 Å². The van der Waals surface area contributed by atoms with E-state index in [9.17, 15) is 0 Å². The van der Waals surface area contributed by atoms with Gasteiger partial charge in [-0.05, 0) is 30.9 Å². The van der Waals surface area contributed by atoms with E-state index in [-0.39, 0.29) is 0 Å². The third kappa shape index (κ3) is 4.91. The first-order chi connectivity index (χ1) is 7.26. The molecule has 0 aliphatic heterocycles. The lowest BCUT2D eigenvalue weighted by Gasteiger charge is -2.05. The molecule has 0 spiro atoms. The van der Waals surface area contributed by atoms with Crippen molar-refractivity contribution >= 4 is 39.3 Å². The van der Waals surface area contributed by atoms with Crippen molar-refractivity contribution in [1.82, 2.24) is 0 Å². The number of thioether (sulfide) groups is 2. The molecule has 0 aliphatic carbocycles. The quantitative estimate of drug-likeness (QED) is 0.590. The van der Waals surface area contributed by atoms with Gasteiger partial charge in [-0.15, -0.1) is 11.8 Å². The van der Waals surface area contributed by atoms with Gasteiger partial charge in [0.05, 0.1) is 6.61 Å². The highest BCUT2D eigenvalue weighted by atomic mass is 32.2. The van der Waals surface area contributed by atoms with Gasteiger partial charge >= 0.3 is 0 Å². The second-order valence-corrected chi connectivity index (χ2v) is 6.23. The van der Waals surface area contributed by atoms with E-state index in [0.717, 1.165) is 19.9 Å². The number of benzene rings is 1. The zero-order valence-electron chi connectivity index (χ0n) is 8.86. The molecule has 0 unspecified atom stereocenters. The second kappa shape index (κ2) is 7.14.